The maximum absolute atomic E-state index is 13.5. The van der Waals surface area contributed by atoms with Crippen LogP contribution >= 0.6 is 0 Å². The number of sulfonamides is 1. The molecule has 0 aromatic heterocycles. The smallest absolute Gasteiger partial charge is 0.264 e. The van der Waals surface area contributed by atoms with Crippen LogP contribution in [0.4, 0.5) is 0 Å². The monoisotopic (exact) mass is 411 g/mol. The van der Waals surface area contributed by atoms with E-state index in [0.29, 0.717) is 17.7 Å². The van der Waals surface area contributed by atoms with Gasteiger partial charge >= 0.3 is 0 Å². The zero-order chi connectivity index (χ0) is 20.9. The van der Waals surface area contributed by atoms with Crippen molar-refractivity contribution in [2.24, 2.45) is 0 Å². The van der Waals surface area contributed by atoms with Gasteiger partial charge in [0.05, 0.1) is 17.9 Å². The minimum absolute atomic E-state index is 0.0775. The molecule has 0 radical (unpaired) electrons. The van der Waals surface area contributed by atoms with Crippen molar-refractivity contribution in [1.82, 2.24) is 4.31 Å². The van der Waals surface area contributed by atoms with Gasteiger partial charge in [0.15, 0.2) is 5.78 Å². The van der Waals surface area contributed by atoms with Crippen molar-refractivity contribution in [2.45, 2.75) is 63.8 Å². The van der Waals surface area contributed by atoms with Gasteiger partial charge < -0.3 is 0 Å². The van der Waals surface area contributed by atoms with Gasteiger partial charge in [-0.3, -0.25) is 9.10 Å². The van der Waals surface area contributed by atoms with Crippen molar-refractivity contribution in [3.8, 4) is 0 Å². The quantitative estimate of drug-likeness (QED) is 0.493. The molecule has 0 spiro atoms. The number of hydrogen-bond donors (Lipinski definition) is 0. The Labute approximate surface area is 174 Å². The lowest BCUT2D eigenvalue weighted by molar-refractivity contribution is -0.117. The van der Waals surface area contributed by atoms with E-state index in [-0.39, 0.29) is 23.6 Å². The summed E-state index contributed by atoms with van der Waals surface area (Å²) in [4.78, 5) is 12.6. The lowest BCUT2D eigenvalue weighted by Gasteiger charge is -2.34. The molecule has 0 amide bonds. The largest absolute Gasteiger partial charge is 0.294 e. The first-order valence-electron chi connectivity index (χ1n) is 10.3. The van der Waals surface area contributed by atoms with Gasteiger partial charge in [-0.25, -0.2) is 8.42 Å². The molecule has 154 valence electrons. The van der Waals surface area contributed by atoms with E-state index >= 15 is 0 Å². The minimum Gasteiger partial charge on any atom is -0.294 e. The summed E-state index contributed by atoms with van der Waals surface area (Å²) in [5.41, 5.74) is 3.26. The van der Waals surface area contributed by atoms with E-state index in [2.05, 4.69) is 6.92 Å². The van der Waals surface area contributed by atoms with Gasteiger partial charge in [-0.1, -0.05) is 74.2 Å². The van der Waals surface area contributed by atoms with Crippen LogP contribution in [-0.2, 0) is 21.4 Å². The Kier molecular flexibility index (Phi) is 6.91. The second-order valence-corrected chi connectivity index (χ2v) is 9.51. The number of Topliss-reactive ketones (excluding diaryl/α,β-unsaturated/α-hetero) is 1. The summed E-state index contributed by atoms with van der Waals surface area (Å²) in [6.45, 7) is 4.31. The van der Waals surface area contributed by atoms with Gasteiger partial charge in [0.2, 0.25) is 0 Å². The van der Waals surface area contributed by atoms with Gasteiger partial charge in [0.1, 0.15) is 0 Å². The third kappa shape index (κ3) is 4.96. The summed E-state index contributed by atoms with van der Waals surface area (Å²) < 4.78 is 28.4. The summed E-state index contributed by atoms with van der Waals surface area (Å²) in [5, 5.41) is 0. The van der Waals surface area contributed by atoms with E-state index in [9.17, 15) is 13.2 Å². The fourth-order valence-electron chi connectivity index (χ4n) is 3.58. The summed E-state index contributed by atoms with van der Waals surface area (Å²) in [7, 11) is -3.74. The molecule has 1 aliphatic carbocycles. The average molecular weight is 412 g/mol. The Morgan fingerprint density at radius 3 is 2.24 bits per heavy atom. The first-order valence-corrected chi connectivity index (χ1v) is 11.8. The Balaban J connectivity index is 1.96. The summed E-state index contributed by atoms with van der Waals surface area (Å²) in [6.07, 6.45) is 5.09. The molecule has 0 aliphatic heterocycles. The normalized spacial score (nSPS) is 14.1. The fraction of sp³-hybridized carbons (Fsp3) is 0.375. The summed E-state index contributed by atoms with van der Waals surface area (Å²) in [5.74, 6) is 0.0775. The summed E-state index contributed by atoms with van der Waals surface area (Å²) in [6, 6.07) is 16.4. The van der Waals surface area contributed by atoms with Crippen LogP contribution in [0.5, 0.6) is 0 Å². The third-order valence-electron chi connectivity index (χ3n) is 5.37. The molecule has 0 atom stereocenters. The Hall–Kier alpha value is -2.40. The zero-order valence-corrected chi connectivity index (χ0v) is 18.0. The van der Waals surface area contributed by atoms with Gasteiger partial charge in [-0.2, -0.15) is 0 Å². The molecule has 4 nitrogen and oxygen atoms in total. The van der Waals surface area contributed by atoms with Crippen LogP contribution in [0.1, 0.15) is 56.6 Å². The number of hydrogen-bond acceptors (Lipinski definition) is 3. The number of carbonyl (C=O) groups is 1. The molecule has 1 aliphatic rings. The van der Waals surface area contributed by atoms with Gasteiger partial charge in [0, 0.05) is 11.3 Å². The molecule has 2 aromatic rings. The molecule has 2 aromatic carbocycles. The standard InChI is InChI=1S/C24H29NO3S/c1-3-4-5-9-12-22-23(17-24(22)26)25(18-20-10-7-6-8-11-20)29(27,28)21-15-13-19(2)14-16-21/h6-8,10-11,13-16H,3-5,9,12,17-18H2,1-2H3. The molecule has 5 heteroatoms. The van der Waals surface area contributed by atoms with Crippen molar-refractivity contribution >= 4 is 15.8 Å². The van der Waals surface area contributed by atoms with Gasteiger partial charge in [-0.05, 0) is 37.5 Å². The van der Waals surface area contributed by atoms with Gasteiger partial charge in [-0.15, -0.1) is 0 Å². The molecule has 0 fully saturated rings. The van der Waals surface area contributed by atoms with E-state index in [1.54, 1.807) is 24.3 Å². The highest BCUT2D eigenvalue weighted by Crippen LogP contribution is 2.36. The maximum Gasteiger partial charge on any atom is 0.264 e. The Bertz CT molecular complexity index is 977. The summed E-state index contributed by atoms with van der Waals surface area (Å²) >= 11 is 0. The molecular weight excluding hydrogens is 382 g/mol. The van der Waals surface area contributed by atoms with Crippen LogP contribution in [0.15, 0.2) is 70.8 Å². The lowest BCUT2D eigenvalue weighted by atomic mass is 9.88. The first-order chi connectivity index (χ1) is 13.9. The molecular formula is C24H29NO3S. The number of carbonyl (C=O) groups excluding carboxylic acids is 1. The van der Waals surface area contributed by atoms with Crippen molar-refractivity contribution in [3.63, 3.8) is 0 Å². The number of rotatable bonds is 10. The molecule has 0 N–H and O–H groups in total. The van der Waals surface area contributed by atoms with Crippen LogP contribution in [0.3, 0.4) is 0 Å². The van der Waals surface area contributed by atoms with E-state index in [4.69, 9.17) is 0 Å². The Morgan fingerprint density at radius 1 is 0.931 bits per heavy atom. The molecule has 0 saturated heterocycles. The predicted octanol–water partition coefficient (Wildman–Crippen LogP) is 5.38. The van der Waals surface area contributed by atoms with E-state index in [1.165, 1.54) is 4.31 Å². The molecule has 0 saturated carbocycles. The van der Waals surface area contributed by atoms with E-state index < -0.39 is 10.0 Å². The second-order valence-electron chi connectivity index (χ2n) is 7.65. The molecule has 3 rings (SSSR count). The number of nitrogens with zero attached hydrogens (tertiary/aromatic N) is 1. The highest BCUT2D eigenvalue weighted by molar-refractivity contribution is 7.89. The average Bonchev–Trinajstić information content (AvgIpc) is 2.71. The Morgan fingerprint density at radius 2 is 1.62 bits per heavy atom. The maximum atomic E-state index is 13.5. The number of ketones is 1. The highest BCUT2D eigenvalue weighted by atomic mass is 32.2. The van der Waals surface area contributed by atoms with Crippen molar-refractivity contribution in [3.05, 3.63) is 77.0 Å². The number of unbranched alkanes of at least 4 members (excludes halogenated alkanes) is 3. The molecule has 0 bridgehead atoms. The van der Waals surface area contributed by atoms with Crippen molar-refractivity contribution < 1.29 is 13.2 Å². The SMILES string of the molecule is CCCCCCC1=C(N(Cc2ccccc2)S(=O)(=O)c2ccc(C)cc2)CC1=O. The van der Waals surface area contributed by atoms with Crippen molar-refractivity contribution in [2.75, 3.05) is 0 Å². The minimum atomic E-state index is -3.74. The fourth-order valence-corrected chi connectivity index (χ4v) is 5.10. The number of aryl methyl sites for hydroxylation is 1. The first kappa shape index (κ1) is 21.3. The lowest BCUT2D eigenvalue weighted by Crippen LogP contribution is -2.37. The second kappa shape index (κ2) is 9.40. The number of allylic oxidation sites excluding steroid dienone is 2. The van der Waals surface area contributed by atoms with Crippen LogP contribution in [-0.4, -0.2) is 18.5 Å². The molecule has 0 heterocycles. The topological polar surface area (TPSA) is 54.5 Å². The number of benzene rings is 2. The third-order valence-corrected chi connectivity index (χ3v) is 7.17. The zero-order valence-electron chi connectivity index (χ0n) is 17.2. The molecule has 29 heavy (non-hydrogen) atoms. The predicted molar refractivity (Wildman–Crippen MR) is 116 cm³/mol. The van der Waals surface area contributed by atoms with E-state index in [1.807, 2.05) is 37.3 Å². The van der Waals surface area contributed by atoms with Gasteiger partial charge in [0.25, 0.3) is 10.0 Å². The van der Waals surface area contributed by atoms with Crippen LogP contribution in [0.25, 0.3) is 0 Å². The molecule has 0 unspecified atom stereocenters. The van der Waals surface area contributed by atoms with E-state index in [0.717, 1.165) is 36.8 Å². The van der Waals surface area contributed by atoms with Crippen molar-refractivity contribution in [1.29, 1.82) is 0 Å². The van der Waals surface area contributed by atoms with Crippen LogP contribution in [0.2, 0.25) is 0 Å². The van der Waals surface area contributed by atoms with Crippen LogP contribution < -0.4 is 0 Å². The van der Waals surface area contributed by atoms with Crippen LogP contribution in [0, 0.1) is 6.92 Å². The highest BCUT2D eigenvalue weighted by Gasteiger charge is 2.36.